The summed E-state index contributed by atoms with van der Waals surface area (Å²) in [4.78, 5) is 63.6. The van der Waals surface area contributed by atoms with Crippen LogP contribution in [0.15, 0.2) is 24.3 Å². The third-order valence-corrected chi connectivity index (χ3v) is 12.1. The molecule has 3 heterocycles. The van der Waals surface area contributed by atoms with Gasteiger partial charge >= 0.3 is 6.09 Å². The minimum atomic E-state index is -3.89. The number of benzene rings is 1. The highest BCUT2D eigenvalue weighted by Gasteiger charge is 2.62. The molecule has 0 radical (unpaired) electrons. The van der Waals surface area contributed by atoms with E-state index >= 15 is 0 Å². The second-order valence-electron chi connectivity index (χ2n) is 15.9. The Morgan fingerprint density at radius 1 is 1.07 bits per heavy atom. The third kappa shape index (κ3) is 8.94. The van der Waals surface area contributed by atoms with Gasteiger partial charge in [0.15, 0.2) is 0 Å². The number of rotatable bonds is 8. The summed E-state index contributed by atoms with van der Waals surface area (Å²) in [5.74, 6) is -0.707. The number of fused-ring (bicyclic) bond motifs is 3. The molecule has 2 saturated carbocycles. The third-order valence-electron chi connectivity index (χ3n) is 10.2. The zero-order valence-electron chi connectivity index (χ0n) is 31.8. The summed E-state index contributed by atoms with van der Waals surface area (Å²) in [5, 5.41) is 6.47. The van der Waals surface area contributed by atoms with E-state index in [1.807, 2.05) is 37.2 Å². The quantitative estimate of drug-likeness (QED) is 0.356. The number of anilines is 1. The summed E-state index contributed by atoms with van der Waals surface area (Å²) >= 11 is 0. The Labute approximate surface area is 316 Å². The van der Waals surface area contributed by atoms with Crippen molar-refractivity contribution < 1.29 is 46.5 Å². The molecule has 4 fully saturated rings. The number of pyridine rings is 1. The molecule has 2 aliphatic heterocycles. The summed E-state index contributed by atoms with van der Waals surface area (Å²) in [6, 6.07) is 5.19. The van der Waals surface area contributed by atoms with Gasteiger partial charge in [0, 0.05) is 39.1 Å². The van der Waals surface area contributed by atoms with Gasteiger partial charge in [-0.2, -0.15) is 4.98 Å². The van der Waals surface area contributed by atoms with Crippen LogP contribution in [0, 0.1) is 5.92 Å². The largest absolute Gasteiger partial charge is 0.497 e. The number of sulfonamides is 1. The fourth-order valence-corrected chi connectivity index (χ4v) is 8.52. The summed E-state index contributed by atoms with van der Waals surface area (Å²) in [5.41, 5.74) is -2.30. The van der Waals surface area contributed by atoms with Crippen molar-refractivity contribution in [3.8, 4) is 11.6 Å². The Kier molecular flexibility index (Phi) is 11.2. The van der Waals surface area contributed by atoms with Gasteiger partial charge in [0.1, 0.15) is 40.9 Å². The van der Waals surface area contributed by atoms with E-state index < -0.39 is 68.4 Å². The Morgan fingerprint density at radius 3 is 2.46 bits per heavy atom. The standard InChI is InChI=1S/C37H52N6O10S/c1-36(2,3)53-35(47)38-28-10-8-16-51-15-7-9-23-20-37(23,34(46)41-54(48,49)26-12-13-26)40-31(44)29-19-25(21-43(29)33(28)45)52-32-27-14-11-24(50-6)17-22(27)18-30(39-32)42(4)5/h11,14,17-18,23,25-26,28-29H,7-10,12-13,15-16,19-21H2,1-6H3,(H,38,47)(H,40,44)(H,41,46)/t23-,25-,28+,29+,37-/m1/s1. The number of carbonyl (C=O) groups is 4. The van der Waals surface area contributed by atoms with E-state index in [0.717, 1.165) is 5.39 Å². The minimum Gasteiger partial charge on any atom is -0.497 e. The van der Waals surface area contributed by atoms with Crippen LogP contribution in [-0.4, -0.2) is 118 Å². The van der Waals surface area contributed by atoms with Gasteiger partial charge in [-0.3, -0.25) is 19.1 Å². The number of nitrogens with one attached hydrogen (secondary N) is 3. The monoisotopic (exact) mass is 772 g/mol. The molecular formula is C37H52N6O10S. The van der Waals surface area contributed by atoms with Crippen molar-refractivity contribution in [1.82, 2.24) is 25.2 Å². The highest BCUT2D eigenvalue weighted by atomic mass is 32.2. The van der Waals surface area contributed by atoms with E-state index in [2.05, 4.69) is 15.4 Å². The van der Waals surface area contributed by atoms with Crippen molar-refractivity contribution in [2.45, 2.75) is 107 Å². The molecule has 16 nitrogen and oxygen atoms in total. The van der Waals surface area contributed by atoms with Crippen LogP contribution < -0.4 is 29.7 Å². The Bertz CT molecular complexity index is 1880. The lowest BCUT2D eigenvalue weighted by Crippen LogP contribution is -2.58. The molecule has 2 aromatic rings. The molecule has 0 unspecified atom stereocenters. The number of methoxy groups -OCH3 is 1. The molecule has 17 heteroatoms. The number of amides is 4. The lowest BCUT2D eigenvalue weighted by molar-refractivity contribution is -0.141. The maximum absolute atomic E-state index is 14.5. The molecule has 1 aromatic carbocycles. The molecule has 4 amide bonds. The zero-order chi connectivity index (χ0) is 39.0. The van der Waals surface area contributed by atoms with Crippen molar-refractivity contribution >= 4 is 50.4 Å². The lowest BCUT2D eigenvalue weighted by atomic mass is 10.1. The van der Waals surface area contributed by atoms with Gasteiger partial charge in [-0.25, -0.2) is 13.2 Å². The van der Waals surface area contributed by atoms with Crippen LogP contribution in [0.1, 0.15) is 72.1 Å². The molecule has 0 spiro atoms. The van der Waals surface area contributed by atoms with Gasteiger partial charge in [0.05, 0.1) is 18.9 Å². The van der Waals surface area contributed by atoms with Gasteiger partial charge in [0.2, 0.25) is 27.7 Å². The van der Waals surface area contributed by atoms with Crippen LogP contribution in [-0.2, 0) is 33.9 Å². The van der Waals surface area contributed by atoms with E-state index in [9.17, 15) is 27.6 Å². The van der Waals surface area contributed by atoms with Crippen LogP contribution in [0.3, 0.4) is 0 Å². The second-order valence-corrected chi connectivity index (χ2v) is 17.8. The SMILES string of the molecule is COc1ccc2c(O[C@@H]3C[C@H]4C(=O)N[C@]5(C(=O)NS(=O)(=O)C6CC6)C[C@H]5CCCOCCC[C@H](NC(=O)OC(C)(C)C)C(=O)N4C3)nc(N(C)C)cc2c1. The zero-order valence-corrected chi connectivity index (χ0v) is 32.6. The average Bonchev–Trinajstić information content (AvgIpc) is 4.02. The van der Waals surface area contributed by atoms with E-state index in [-0.39, 0.29) is 31.7 Å². The Balaban J connectivity index is 1.33. The molecule has 0 bridgehead atoms. The van der Waals surface area contributed by atoms with Crippen LogP contribution >= 0.6 is 0 Å². The van der Waals surface area contributed by atoms with E-state index in [1.165, 1.54) is 4.90 Å². The van der Waals surface area contributed by atoms with Gasteiger partial charge in [-0.1, -0.05) is 0 Å². The number of ether oxygens (including phenoxy) is 4. The van der Waals surface area contributed by atoms with Gasteiger partial charge in [-0.15, -0.1) is 0 Å². The maximum atomic E-state index is 14.5. The maximum Gasteiger partial charge on any atom is 0.408 e. The lowest BCUT2D eigenvalue weighted by Gasteiger charge is -2.30. The summed E-state index contributed by atoms with van der Waals surface area (Å²) in [7, 11) is 1.39. The second kappa shape index (κ2) is 15.4. The van der Waals surface area contributed by atoms with Crippen LogP contribution in [0.25, 0.3) is 10.8 Å². The van der Waals surface area contributed by atoms with Crippen molar-refractivity contribution in [1.29, 1.82) is 0 Å². The Morgan fingerprint density at radius 2 is 1.80 bits per heavy atom. The van der Waals surface area contributed by atoms with Gasteiger partial charge in [-0.05, 0) is 101 Å². The minimum absolute atomic E-state index is 0.0358. The van der Waals surface area contributed by atoms with Crippen molar-refractivity contribution in [3.05, 3.63) is 24.3 Å². The van der Waals surface area contributed by atoms with Crippen molar-refractivity contribution in [2.24, 2.45) is 5.92 Å². The molecule has 3 N–H and O–H groups in total. The molecule has 6 rings (SSSR count). The van der Waals surface area contributed by atoms with E-state index in [1.54, 1.807) is 33.9 Å². The normalized spacial score (nSPS) is 26.7. The van der Waals surface area contributed by atoms with Crippen LogP contribution in [0.5, 0.6) is 11.6 Å². The molecule has 54 heavy (non-hydrogen) atoms. The predicted octanol–water partition coefficient (Wildman–Crippen LogP) is 2.62. The van der Waals surface area contributed by atoms with Crippen LogP contribution in [0.4, 0.5) is 10.6 Å². The average molecular weight is 773 g/mol. The fourth-order valence-electron chi connectivity index (χ4n) is 7.15. The fraction of sp³-hybridized carbons (Fsp3) is 0.649. The summed E-state index contributed by atoms with van der Waals surface area (Å²) in [6.07, 6.45) is 1.45. The van der Waals surface area contributed by atoms with Crippen molar-refractivity contribution in [2.75, 3.05) is 45.9 Å². The van der Waals surface area contributed by atoms with Gasteiger partial charge < -0.3 is 39.4 Å². The topological polar surface area (TPSA) is 195 Å². The van der Waals surface area contributed by atoms with Crippen LogP contribution in [0.2, 0.25) is 0 Å². The number of aromatic nitrogens is 1. The highest BCUT2D eigenvalue weighted by Crippen LogP contribution is 2.48. The molecule has 1 aromatic heterocycles. The molecule has 2 saturated heterocycles. The van der Waals surface area contributed by atoms with E-state index in [4.69, 9.17) is 23.9 Å². The van der Waals surface area contributed by atoms with Gasteiger partial charge in [0.25, 0.3) is 5.91 Å². The number of hydrogen-bond donors (Lipinski definition) is 3. The molecule has 296 valence electrons. The number of alkyl carbamates (subject to hydrolysis) is 1. The predicted molar refractivity (Wildman–Crippen MR) is 199 cm³/mol. The highest BCUT2D eigenvalue weighted by molar-refractivity contribution is 7.91. The summed E-state index contributed by atoms with van der Waals surface area (Å²) < 4.78 is 51.2. The first-order valence-electron chi connectivity index (χ1n) is 18.6. The number of nitrogens with zero attached hydrogens (tertiary/aromatic N) is 3. The molecule has 4 aliphatic rings. The molecule has 5 atom stereocenters. The number of hydrogen-bond acceptors (Lipinski definition) is 12. The first-order valence-corrected chi connectivity index (χ1v) is 20.1. The molecule has 2 aliphatic carbocycles. The Hall–Kier alpha value is -4.38. The first-order chi connectivity index (χ1) is 25.5. The van der Waals surface area contributed by atoms with E-state index in [0.29, 0.717) is 68.2 Å². The number of carbonyl (C=O) groups excluding carboxylic acids is 4. The smallest absolute Gasteiger partial charge is 0.408 e. The molecular weight excluding hydrogens is 721 g/mol. The first kappa shape index (κ1) is 39.3. The summed E-state index contributed by atoms with van der Waals surface area (Å²) in [6.45, 7) is 5.80. The van der Waals surface area contributed by atoms with Crippen molar-refractivity contribution in [3.63, 3.8) is 0 Å².